The number of carbonyl (C=O) groups excluding carboxylic acids is 2. The number of ether oxygens (including phenoxy) is 2. The van der Waals surface area contributed by atoms with Gasteiger partial charge in [-0.05, 0) is 45.1 Å². The molecule has 25 heavy (non-hydrogen) atoms. The lowest BCUT2D eigenvalue weighted by molar-refractivity contribution is -0.0449. The predicted molar refractivity (Wildman–Crippen MR) is 90.6 cm³/mol. The van der Waals surface area contributed by atoms with E-state index in [4.69, 9.17) is 9.47 Å². The van der Waals surface area contributed by atoms with Crippen LogP contribution in [0.4, 0.5) is 0 Å². The van der Waals surface area contributed by atoms with Gasteiger partial charge >= 0.3 is 5.97 Å². The summed E-state index contributed by atoms with van der Waals surface area (Å²) in [6.07, 6.45) is 1.52. The van der Waals surface area contributed by atoms with E-state index in [2.05, 4.69) is 4.98 Å². The van der Waals surface area contributed by atoms with E-state index in [9.17, 15) is 14.7 Å². The number of esters is 1. The highest BCUT2D eigenvalue weighted by molar-refractivity contribution is 6.01. The first-order valence-corrected chi connectivity index (χ1v) is 8.87. The number of nitrogens with one attached hydrogen (secondary N) is 1. The Morgan fingerprint density at radius 3 is 2.80 bits per heavy atom. The Balaban J connectivity index is 1.87. The number of aliphatic hydroxyl groups is 1. The van der Waals surface area contributed by atoms with Crippen LogP contribution in [0.25, 0.3) is 0 Å². The molecule has 1 aromatic rings. The number of fused-ring (bicyclic) bond motifs is 1. The summed E-state index contributed by atoms with van der Waals surface area (Å²) in [7, 11) is 0. The Morgan fingerprint density at radius 1 is 1.36 bits per heavy atom. The highest BCUT2D eigenvalue weighted by atomic mass is 16.5. The number of nitrogens with zero attached hydrogens (tertiary/aromatic N) is 1. The van der Waals surface area contributed by atoms with E-state index in [0.717, 1.165) is 12.8 Å². The van der Waals surface area contributed by atoms with Crippen LogP contribution in [0, 0.1) is 19.8 Å². The van der Waals surface area contributed by atoms with E-state index in [-0.39, 0.29) is 37.2 Å². The highest BCUT2D eigenvalue weighted by Gasteiger charge is 2.43. The molecule has 2 heterocycles. The first kappa shape index (κ1) is 17.9. The Morgan fingerprint density at radius 2 is 2.12 bits per heavy atom. The Bertz CT molecular complexity index is 669. The summed E-state index contributed by atoms with van der Waals surface area (Å²) >= 11 is 0. The fourth-order valence-corrected chi connectivity index (χ4v) is 4.07. The molecule has 1 aliphatic carbocycles. The molecule has 0 radical (unpaired) electrons. The molecule has 2 fully saturated rings. The monoisotopic (exact) mass is 350 g/mol. The van der Waals surface area contributed by atoms with Gasteiger partial charge in [0, 0.05) is 18.8 Å². The maximum atomic E-state index is 13.2. The predicted octanol–water partition coefficient (Wildman–Crippen LogP) is 1.42. The molecule has 2 aliphatic rings. The number of rotatable bonds is 4. The van der Waals surface area contributed by atoms with Gasteiger partial charge in [-0.3, -0.25) is 4.79 Å². The molecule has 0 spiro atoms. The van der Waals surface area contributed by atoms with Crippen molar-refractivity contribution in [3.8, 4) is 0 Å². The Kier molecular flexibility index (Phi) is 5.15. The van der Waals surface area contributed by atoms with E-state index < -0.39 is 5.97 Å². The van der Waals surface area contributed by atoms with Gasteiger partial charge in [-0.15, -0.1) is 0 Å². The van der Waals surface area contributed by atoms with Crippen LogP contribution in [0.5, 0.6) is 0 Å². The molecule has 7 heteroatoms. The average Bonchev–Trinajstić information content (AvgIpc) is 3.14. The van der Waals surface area contributed by atoms with Gasteiger partial charge in [-0.2, -0.15) is 0 Å². The number of aromatic nitrogens is 1. The molecule has 0 aromatic carbocycles. The van der Waals surface area contributed by atoms with E-state index in [1.165, 1.54) is 0 Å². The molecule has 1 amide bonds. The molecule has 138 valence electrons. The van der Waals surface area contributed by atoms with Crippen molar-refractivity contribution < 1.29 is 24.2 Å². The fraction of sp³-hybridized carbons (Fsp3) is 0.667. The summed E-state index contributed by atoms with van der Waals surface area (Å²) in [5.41, 5.74) is 2.18. The topological polar surface area (TPSA) is 91.9 Å². The summed E-state index contributed by atoms with van der Waals surface area (Å²) in [5, 5.41) is 9.44. The Labute approximate surface area is 147 Å². The summed E-state index contributed by atoms with van der Waals surface area (Å²) in [4.78, 5) is 30.1. The third kappa shape index (κ3) is 3.18. The molecule has 7 nitrogen and oxygen atoms in total. The molecule has 3 rings (SSSR count). The summed E-state index contributed by atoms with van der Waals surface area (Å²) in [5.74, 6) is -0.353. The number of morpholine rings is 1. The molecule has 1 aromatic heterocycles. The molecular formula is C18H26N2O5. The van der Waals surface area contributed by atoms with Gasteiger partial charge in [-0.1, -0.05) is 0 Å². The van der Waals surface area contributed by atoms with Crippen molar-refractivity contribution in [2.75, 3.05) is 26.4 Å². The summed E-state index contributed by atoms with van der Waals surface area (Å²) < 4.78 is 10.9. The van der Waals surface area contributed by atoms with Crippen LogP contribution in [0.1, 0.15) is 51.9 Å². The molecule has 0 bridgehead atoms. The second-order valence-electron chi connectivity index (χ2n) is 6.84. The van der Waals surface area contributed by atoms with Gasteiger partial charge in [0.2, 0.25) is 0 Å². The van der Waals surface area contributed by atoms with Crippen LogP contribution in [0.15, 0.2) is 0 Å². The fourth-order valence-electron chi connectivity index (χ4n) is 4.07. The summed E-state index contributed by atoms with van der Waals surface area (Å²) in [6.45, 7) is 6.75. The molecule has 2 N–H and O–H groups in total. The largest absolute Gasteiger partial charge is 0.461 e. The number of H-pyrrole nitrogens is 1. The average molecular weight is 350 g/mol. The zero-order chi connectivity index (χ0) is 18.1. The minimum atomic E-state index is -0.441. The number of aryl methyl sites for hydroxylation is 1. The quantitative estimate of drug-likeness (QED) is 0.802. The number of hydrogen-bond acceptors (Lipinski definition) is 5. The SMILES string of the molecule is CCOC(=O)c1[nH]c(C)c(C(=O)N2CCO[C@H]3C[C@H](CO)C[C@@H]32)c1C. The number of carbonyl (C=O) groups is 2. The first-order chi connectivity index (χ1) is 12.0. The minimum Gasteiger partial charge on any atom is -0.461 e. The van der Waals surface area contributed by atoms with Gasteiger partial charge in [0.25, 0.3) is 5.91 Å². The molecule has 1 aliphatic heterocycles. The lowest BCUT2D eigenvalue weighted by Crippen LogP contribution is -2.51. The lowest BCUT2D eigenvalue weighted by Gasteiger charge is -2.37. The van der Waals surface area contributed by atoms with Gasteiger partial charge in [0.05, 0.1) is 30.9 Å². The number of hydrogen-bond donors (Lipinski definition) is 2. The van der Waals surface area contributed by atoms with Gasteiger partial charge in [-0.25, -0.2) is 4.79 Å². The second kappa shape index (κ2) is 7.17. The third-order valence-corrected chi connectivity index (χ3v) is 5.28. The maximum absolute atomic E-state index is 13.2. The zero-order valence-corrected chi connectivity index (χ0v) is 15.0. The van der Waals surface area contributed by atoms with Gasteiger partial charge in [0.1, 0.15) is 5.69 Å². The first-order valence-electron chi connectivity index (χ1n) is 8.87. The van der Waals surface area contributed by atoms with Crippen LogP contribution < -0.4 is 0 Å². The zero-order valence-electron chi connectivity index (χ0n) is 15.0. The van der Waals surface area contributed by atoms with Gasteiger partial charge in [0.15, 0.2) is 0 Å². The van der Waals surface area contributed by atoms with Crippen molar-refractivity contribution in [2.24, 2.45) is 5.92 Å². The van der Waals surface area contributed by atoms with Crippen molar-refractivity contribution >= 4 is 11.9 Å². The normalized spacial score (nSPS) is 25.8. The lowest BCUT2D eigenvalue weighted by atomic mass is 10.0. The van der Waals surface area contributed by atoms with Crippen LogP contribution in [-0.4, -0.2) is 65.4 Å². The number of aliphatic hydroxyl groups excluding tert-OH is 1. The van der Waals surface area contributed by atoms with Crippen LogP contribution in [0.3, 0.4) is 0 Å². The molecule has 0 unspecified atom stereocenters. The maximum Gasteiger partial charge on any atom is 0.355 e. The standard InChI is InChI=1S/C18H26N2O5/c1-4-24-18(23)16-10(2)15(11(3)19-16)17(22)20-5-6-25-14-8-12(9-21)7-13(14)20/h12-14,19,21H,4-9H2,1-3H3/t12-,13+,14+/m1/s1. The molecular weight excluding hydrogens is 324 g/mol. The van der Waals surface area contributed by atoms with E-state index in [1.807, 2.05) is 4.90 Å². The summed E-state index contributed by atoms with van der Waals surface area (Å²) in [6, 6.07) is -0.0156. The number of aromatic amines is 1. The van der Waals surface area contributed by atoms with Crippen LogP contribution >= 0.6 is 0 Å². The molecule has 1 saturated carbocycles. The van der Waals surface area contributed by atoms with Crippen molar-refractivity contribution in [1.29, 1.82) is 0 Å². The van der Waals surface area contributed by atoms with Crippen LogP contribution in [0.2, 0.25) is 0 Å². The minimum absolute atomic E-state index is 0.0149. The molecule has 3 atom stereocenters. The van der Waals surface area contributed by atoms with Gasteiger partial charge < -0.3 is 24.5 Å². The van der Waals surface area contributed by atoms with Crippen molar-refractivity contribution in [2.45, 2.75) is 45.8 Å². The highest BCUT2D eigenvalue weighted by Crippen LogP contribution is 2.35. The molecule has 1 saturated heterocycles. The Hall–Kier alpha value is -1.86. The van der Waals surface area contributed by atoms with Crippen molar-refractivity contribution in [3.63, 3.8) is 0 Å². The smallest absolute Gasteiger partial charge is 0.355 e. The van der Waals surface area contributed by atoms with E-state index >= 15 is 0 Å². The van der Waals surface area contributed by atoms with Crippen molar-refractivity contribution in [3.05, 3.63) is 22.5 Å². The van der Waals surface area contributed by atoms with Crippen molar-refractivity contribution in [1.82, 2.24) is 9.88 Å². The third-order valence-electron chi connectivity index (χ3n) is 5.28. The second-order valence-corrected chi connectivity index (χ2v) is 6.84. The van der Waals surface area contributed by atoms with E-state index in [1.54, 1.807) is 20.8 Å². The van der Waals surface area contributed by atoms with Crippen LogP contribution in [-0.2, 0) is 9.47 Å². The van der Waals surface area contributed by atoms with E-state index in [0.29, 0.717) is 35.7 Å². The number of amides is 1.